The first-order chi connectivity index (χ1) is 27.3. The van der Waals surface area contributed by atoms with Gasteiger partial charge in [0.05, 0.1) is 6.42 Å². The second kappa shape index (κ2) is 46.8. The predicted octanol–water partition coefficient (Wildman–Crippen LogP) is 9.79. The molecule has 0 aliphatic carbocycles. The van der Waals surface area contributed by atoms with E-state index in [-0.39, 0.29) is 90.2 Å². The summed E-state index contributed by atoms with van der Waals surface area (Å²) in [6.45, 7) is 6.57. The van der Waals surface area contributed by atoms with Gasteiger partial charge >= 0.3 is 29.8 Å². The third-order valence-electron chi connectivity index (χ3n) is 9.61. The maximum absolute atomic E-state index is 12.6. The number of ether oxygens (including phenoxy) is 3. The number of hydrogen-bond donors (Lipinski definition) is 3. The molecule has 3 N–H and O–H groups in total. The average molecular weight is 883 g/mol. The average Bonchev–Trinajstić information content (AvgIpc) is 3.15. The zero-order valence-corrected chi connectivity index (χ0v) is 42.6. The van der Waals surface area contributed by atoms with E-state index in [0.717, 1.165) is 57.8 Å². The van der Waals surface area contributed by atoms with Crippen LogP contribution in [0, 0.1) is 0 Å². The Morgan fingerprint density at radius 3 is 0.966 bits per heavy atom. The normalized spacial score (nSPS) is 11.3. The first-order valence-electron chi connectivity index (χ1n) is 22.2. The van der Waals surface area contributed by atoms with Crippen molar-refractivity contribution < 1.29 is 61.4 Å². The van der Waals surface area contributed by atoms with E-state index in [1.807, 2.05) is 0 Å². The number of carboxylic acids is 2. The molecule has 0 spiro atoms. The molecule has 0 saturated carbocycles. The number of rotatable bonds is 39. The van der Waals surface area contributed by atoms with E-state index in [0.29, 0.717) is 19.3 Å². The molecule has 2 radical (unpaired) electrons. The van der Waals surface area contributed by atoms with Gasteiger partial charge in [-0.15, -0.1) is 0 Å². The summed E-state index contributed by atoms with van der Waals surface area (Å²) < 4.78 is 45.2. The van der Waals surface area contributed by atoms with E-state index in [1.54, 1.807) is 0 Å². The molecule has 0 bridgehead atoms. The van der Waals surface area contributed by atoms with E-state index < -0.39 is 39.8 Å². The number of esters is 3. The largest absolute Gasteiger partial charge is 0.481 e. The summed E-state index contributed by atoms with van der Waals surface area (Å²) in [7, 11) is -4.84. The van der Waals surface area contributed by atoms with Gasteiger partial charge < -0.3 is 24.4 Å². The summed E-state index contributed by atoms with van der Waals surface area (Å²) in [5.41, 5.74) is 0. The molecule has 0 fully saturated rings. The predicted molar refractivity (Wildman–Crippen MR) is 234 cm³/mol. The molecule has 1 unspecified atom stereocenters. The van der Waals surface area contributed by atoms with E-state index in [2.05, 4.69) is 20.8 Å². The van der Waals surface area contributed by atoms with Crippen LogP contribution >= 0.6 is 0 Å². The third-order valence-corrected chi connectivity index (χ3v) is 10.7. The van der Waals surface area contributed by atoms with E-state index in [1.165, 1.54) is 116 Å². The standard InChI is InChI=1S/C39H74O6.C4H6O7S.2Na/c1-4-7-10-13-16-19-22-25-28-31-37(40)43-34-36(45-39(42)33-30-27-24-21-18-15-12-9-6-3)35-44-38(41)32-29-26-23-20-17-14-11-8-5-2;5-3(6)1-2(4(7)8)12(9,10)11;;/h36H,4-35H2,1-3H3;2H,1H2,(H,5,6)(H,7,8)(H,9,10,11);;. The zero-order chi connectivity index (χ0) is 43.0. The minimum absolute atomic E-state index is 0. The molecule has 1 atom stereocenters. The van der Waals surface area contributed by atoms with Crippen molar-refractivity contribution in [3.8, 4) is 0 Å². The number of carbonyl (C=O) groups is 5. The van der Waals surface area contributed by atoms with Gasteiger partial charge in [0.2, 0.25) is 0 Å². The Bertz CT molecular complexity index is 1100. The van der Waals surface area contributed by atoms with Crippen molar-refractivity contribution in [3.05, 3.63) is 0 Å². The van der Waals surface area contributed by atoms with Crippen LogP contribution in [0.15, 0.2) is 0 Å². The molecule has 0 aliphatic heterocycles. The Morgan fingerprint density at radius 1 is 0.458 bits per heavy atom. The second-order valence-corrected chi connectivity index (χ2v) is 16.8. The summed E-state index contributed by atoms with van der Waals surface area (Å²) in [4.78, 5) is 57.3. The van der Waals surface area contributed by atoms with Crippen LogP contribution in [0.4, 0.5) is 0 Å². The van der Waals surface area contributed by atoms with Gasteiger partial charge in [-0.3, -0.25) is 28.5 Å². The number of carboxylic acid groups (broad SMARTS) is 2. The quantitative estimate of drug-likeness (QED) is 0.0173. The maximum atomic E-state index is 12.6. The van der Waals surface area contributed by atoms with Crippen LogP contribution in [0.3, 0.4) is 0 Å². The van der Waals surface area contributed by atoms with Crippen molar-refractivity contribution >= 4 is 99.1 Å². The third kappa shape index (κ3) is 48.2. The monoisotopic (exact) mass is 883 g/mol. The van der Waals surface area contributed by atoms with Crippen molar-refractivity contribution in [2.45, 2.75) is 231 Å². The molecular formula is C43H80Na2O13S. The fourth-order valence-electron chi connectivity index (χ4n) is 6.10. The summed E-state index contributed by atoms with van der Waals surface area (Å²) in [5.74, 6) is -4.37. The summed E-state index contributed by atoms with van der Waals surface area (Å²) in [6, 6.07) is 0. The topological polar surface area (TPSA) is 208 Å². The smallest absolute Gasteiger partial charge is 0.325 e. The van der Waals surface area contributed by atoms with Crippen molar-refractivity contribution in [1.29, 1.82) is 0 Å². The summed E-state index contributed by atoms with van der Waals surface area (Å²) >= 11 is 0. The Hall–Kier alpha value is -0.740. The zero-order valence-electron chi connectivity index (χ0n) is 37.8. The number of aliphatic carboxylic acids is 2. The summed E-state index contributed by atoms with van der Waals surface area (Å²) in [6.07, 6.45) is 31.1. The van der Waals surface area contributed by atoms with Crippen LogP contribution in [0.5, 0.6) is 0 Å². The Kier molecular flexibility index (Phi) is 51.4. The number of unbranched alkanes of at least 4 members (excludes halogenated alkanes) is 24. The van der Waals surface area contributed by atoms with Crippen LogP contribution in [0.25, 0.3) is 0 Å². The van der Waals surface area contributed by atoms with E-state index in [9.17, 15) is 32.4 Å². The van der Waals surface area contributed by atoms with E-state index in [4.69, 9.17) is 29.0 Å². The molecular weight excluding hydrogens is 803 g/mol. The van der Waals surface area contributed by atoms with Crippen LogP contribution in [0.1, 0.15) is 220 Å². The first kappa shape index (κ1) is 64.9. The molecule has 0 aromatic rings. The van der Waals surface area contributed by atoms with E-state index >= 15 is 0 Å². The number of hydrogen-bond acceptors (Lipinski definition) is 10. The first-order valence-corrected chi connectivity index (χ1v) is 23.7. The molecule has 59 heavy (non-hydrogen) atoms. The summed E-state index contributed by atoms with van der Waals surface area (Å²) in [5, 5.41) is 13.9. The Labute approximate surface area is 401 Å². The number of carbonyl (C=O) groups excluding carboxylic acids is 3. The van der Waals surface area contributed by atoms with Gasteiger partial charge in [0.25, 0.3) is 10.1 Å². The molecule has 0 heterocycles. The van der Waals surface area contributed by atoms with Gasteiger partial charge in [0, 0.05) is 78.4 Å². The molecule has 16 heteroatoms. The molecule has 0 saturated heterocycles. The van der Waals surface area contributed by atoms with Gasteiger partial charge in [0.1, 0.15) is 13.2 Å². The fourth-order valence-corrected chi connectivity index (χ4v) is 6.70. The van der Waals surface area contributed by atoms with Crippen molar-refractivity contribution in [3.63, 3.8) is 0 Å². The van der Waals surface area contributed by atoms with Crippen LogP contribution in [-0.2, 0) is 48.3 Å². The molecule has 0 aliphatic rings. The maximum Gasteiger partial charge on any atom is 0.325 e. The van der Waals surface area contributed by atoms with Crippen LogP contribution in [0.2, 0.25) is 0 Å². The van der Waals surface area contributed by atoms with Crippen LogP contribution in [-0.4, -0.2) is 137 Å². The van der Waals surface area contributed by atoms with Crippen molar-refractivity contribution in [2.75, 3.05) is 13.2 Å². The van der Waals surface area contributed by atoms with Crippen molar-refractivity contribution in [1.82, 2.24) is 0 Å². The van der Waals surface area contributed by atoms with Gasteiger partial charge in [-0.1, -0.05) is 175 Å². The minimum Gasteiger partial charge on any atom is -0.481 e. The fraction of sp³-hybridized carbons (Fsp3) is 0.884. The Morgan fingerprint density at radius 2 is 0.729 bits per heavy atom. The van der Waals surface area contributed by atoms with Crippen molar-refractivity contribution in [2.24, 2.45) is 0 Å². The minimum atomic E-state index is -4.84. The molecule has 0 rings (SSSR count). The molecule has 0 aromatic heterocycles. The van der Waals surface area contributed by atoms with Gasteiger partial charge in [-0.05, 0) is 19.3 Å². The van der Waals surface area contributed by atoms with Crippen LogP contribution < -0.4 is 0 Å². The molecule has 0 aromatic carbocycles. The second-order valence-electron chi connectivity index (χ2n) is 15.2. The van der Waals surface area contributed by atoms with Gasteiger partial charge in [0.15, 0.2) is 11.4 Å². The van der Waals surface area contributed by atoms with Gasteiger partial charge in [-0.2, -0.15) is 8.42 Å². The SMILES string of the molecule is CCCCCCCCCCCC(=O)OCC(COC(=O)CCCCCCCCCCC)OC(=O)CCCCCCCCCCC.O=C(O)CC(C(=O)O)S(=O)(=O)O.[Na].[Na]. The molecule has 13 nitrogen and oxygen atoms in total. The molecule has 0 amide bonds. The molecule has 338 valence electrons. The van der Waals surface area contributed by atoms with Gasteiger partial charge in [-0.25, -0.2) is 0 Å². The Balaban J connectivity index is -0.000000929.